The van der Waals surface area contributed by atoms with Crippen LogP contribution in [0.5, 0.6) is 0 Å². The van der Waals surface area contributed by atoms with Crippen LogP contribution >= 0.6 is 11.6 Å². The van der Waals surface area contributed by atoms with Crippen molar-refractivity contribution in [3.63, 3.8) is 0 Å². The average molecular weight is 377 g/mol. The first-order chi connectivity index (χ1) is 12.6. The largest absolute Gasteiger partial charge is 0.356 e. The molecular formula is C19H22ClFN4O. The van der Waals surface area contributed by atoms with Crippen LogP contribution in [0.2, 0.25) is 5.02 Å². The zero-order chi connectivity index (χ0) is 18.8. The molecule has 1 amide bonds. The number of carbonyl (C=O) groups is 1. The molecule has 0 fully saturated rings. The summed E-state index contributed by atoms with van der Waals surface area (Å²) in [5.74, 6) is 0.323. The number of hydrogen-bond acceptors (Lipinski definition) is 2. The van der Waals surface area contributed by atoms with E-state index in [2.05, 4.69) is 20.9 Å². The van der Waals surface area contributed by atoms with Crippen LogP contribution in [-0.4, -0.2) is 25.5 Å². The first-order valence-corrected chi connectivity index (χ1v) is 8.69. The maximum atomic E-state index is 12.9. The van der Waals surface area contributed by atoms with Crippen molar-refractivity contribution in [2.45, 2.75) is 19.4 Å². The number of benzene rings is 2. The lowest BCUT2D eigenvalue weighted by Crippen LogP contribution is -2.37. The summed E-state index contributed by atoms with van der Waals surface area (Å²) in [6.45, 7) is 1.15. The van der Waals surface area contributed by atoms with Crippen molar-refractivity contribution in [3.8, 4) is 0 Å². The van der Waals surface area contributed by atoms with Crippen molar-refractivity contribution in [1.29, 1.82) is 0 Å². The van der Waals surface area contributed by atoms with E-state index in [0.29, 0.717) is 36.9 Å². The second kappa shape index (κ2) is 10.4. The highest BCUT2D eigenvalue weighted by Gasteiger charge is 2.03. The zero-order valence-corrected chi connectivity index (χ0v) is 15.3. The van der Waals surface area contributed by atoms with E-state index < -0.39 is 0 Å². The van der Waals surface area contributed by atoms with Crippen LogP contribution in [0.25, 0.3) is 0 Å². The Morgan fingerprint density at radius 2 is 1.77 bits per heavy atom. The number of rotatable bonds is 7. The molecule has 0 aromatic heterocycles. The van der Waals surface area contributed by atoms with Crippen molar-refractivity contribution in [2.75, 3.05) is 18.9 Å². The number of aliphatic imine (C=N–C) groups is 1. The van der Waals surface area contributed by atoms with Crippen LogP contribution in [0.3, 0.4) is 0 Å². The van der Waals surface area contributed by atoms with E-state index >= 15 is 0 Å². The minimum atomic E-state index is -0.256. The van der Waals surface area contributed by atoms with E-state index in [1.165, 1.54) is 12.1 Å². The first kappa shape index (κ1) is 19.7. The quantitative estimate of drug-likeness (QED) is 0.393. The van der Waals surface area contributed by atoms with E-state index in [0.717, 1.165) is 11.3 Å². The Morgan fingerprint density at radius 3 is 2.42 bits per heavy atom. The van der Waals surface area contributed by atoms with E-state index in [1.807, 2.05) is 0 Å². The molecule has 0 aliphatic heterocycles. The van der Waals surface area contributed by atoms with Crippen molar-refractivity contribution in [2.24, 2.45) is 4.99 Å². The molecule has 2 aromatic carbocycles. The third kappa shape index (κ3) is 7.11. The molecule has 7 heteroatoms. The molecule has 0 radical (unpaired) electrons. The number of nitrogens with zero attached hydrogens (tertiary/aromatic N) is 1. The average Bonchev–Trinajstić information content (AvgIpc) is 2.64. The molecule has 0 spiro atoms. The van der Waals surface area contributed by atoms with Gasteiger partial charge in [-0.25, -0.2) is 4.39 Å². The Morgan fingerprint density at radius 1 is 1.08 bits per heavy atom. The van der Waals surface area contributed by atoms with Gasteiger partial charge in [-0.05, 0) is 48.4 Å². The lowest BCUT2D eigenvalue weighted by atomic mass is 10.2. The third-order valence-electron chi connectivity index (χ3n) is 3.60. The van der Waals surface area contributed by atoms with Gasteiger partial charge >= 0.3 is 0 Å². The van der Waals surface area contributed by atoms with E-state index in [9.17, 15) is 9.18 Å². The number of hydrogen-bond donors (Lipinski definition) is 3. The predicted octanol–water partition coefficient (Wildman–Crippen LogP) is 3.56. The van der Waals surface area contributed by atoms with Crippen molar-refractivity contribution in [3.05, 3.63) is 64.9 Å². The highest BCUT2D eigenvalue weighted by atomic mass is 35.5. The molecule has 5 nitrogen and oxygen atoms in total. The molecular weight excluding hydrogens is 355 g/mol. The molecule has 2 rings (SSSR count). The molecule has 0 saturated carbocycles. The standard InChI is InChI=1S/C19H22ClFN4O/c1-22-19(24-13-14-4-8-16(21)9-5-14)23-12-2-3-18(26)25-17-10-6-15(20)7-11-17/h4-11H,2-3,12-13H2,1H3,(H,25,26)(H2,22,23,24). The minimum absolute atomic E-state index is 0.0524. The summed E-state index contributed by atoms with van der Waals surface area (Å²) in [4.78, 5) is 16.0. The molecule has 0 saturated heterocycles. The molecule has 0 bridgehead atoms. The summed E-state index contributed by atoms with van der Waals surface area (Å²) < 4.78 is 12.9. The van der Waals surface area contributed by atoms with Gasteiger partial charge in [0.25, 0.3) is 0 Å². The minimum Gasteiger partial charge on any atom is -0.356 e. The van der Waals surface area contributed by atoms with Gasteiger partial charge in [0, 0.05) is 37.3 Å². The van der Waals surface area contributed by atoms with E-state index in [-0.39, 0.29) is 11.7 Å². The Kier molecular flexibility index (Phi) is 7.89. The smallest absolute Gasteiger partial charge is 0.224 e. The summed E-state index contributed by atoms with van der Waals surface area (Å²) in [5.41, 5.74) is 1.68. The maximum absolute atomic E-state index is 12.9. The molecule has 138 valence electrons. The van der Waals surface area contributed by atoms with Crippen molar-refractivity contribution >= 4 is 29.2 Å². The van der Waals surface area contributed by atoms with Crippen molar-refractivity contribution < 1.29 is 9.18 Å². The van der Waals surface area contributed by atoms with Gasteiger partial charge in [0.05, 0.1) is 0 Å². The van der Waals surface area contributed by atoms with Gasteiger partial charge in [-0.1, -0.05) is 23.7 Å². The zero-order valence-electron chi connectivity index (χ0n) is 14.6. The molecule has 26 heavy (non-hydrogen) atoms. The number of nitrogens with one attached hydrogen (secondary N) is 3. The second-order valence-electron chi connectivity index (χ2n) is 5.64. The highest BCUT2D eigenvalue weighted by molar-refractivity contribution is 6.30. The van der Waals surface area contributed by atoms with E-state index in [4.69, 9.17) is 11.6 Å². The number of halogens is 2. The van der Waals surface area contributed by atoms with Gasteiger partial charge in [0.1, 0.15) is 5.82 Å². The summed E-state index contributed by atoms with van der Waals surface area (Å²) in [6, 6.07) is 13.3. The van der Waals surface area contributed by atoms with Crippen LogP contribution in [0.1, 0.15) is 18.4 Å². The normalized spacial score (nSPS) is 11.1. The Bertz CT molecular complexity index is 732. The number of carbonyl (C=O) groups excluding carboxylic acids is 1. The molecule has 3 N–H and O–H groups in total. The van der Waals surface area contributed by atoms with Gasteiger partial charge in [0.2, 0.25) is 5.91 Å². The number of guanidine groups is 1. The van der Waals surface area contributed by atoms with Crippen LogP contribution < -0.4 is 16.0 Å². The highest BCUT2D eigenvalue weighted by Crippen LogP contribution is 2.13. The third-order valence-corrected chi connectivity index (χ3v) is 3.85. The number of anilines is 1. The Balaban J connectivity index is 1.64. The molecule has 0 heterocycles. The van der Waals surface area contributed by atoms with Gasteiger partial charge in [-0.15, -0.1) is 0 Å². The van der Waals surface area contributed by atoms with Crippen LogP contribution in [-0.2, 0) is 11.3 Å². The topological polar surface area (TPSA) is 65.5 Å². The van der Waals surface area contributed by atoms with Gasteiger partial charge < -0.3 is 16.0 Å². The molecule has 0 aliphatic rings. The lowest BCUT2D eigenvalue weighted by Gasteiger charge is -2.12. The fourth-order valence-corrected chi connectivity index (χ4v) is 2.35. The lowest BCUT2D eigenvalue weighted by molar-refractivity contribution is -0.116. The van der Waals surface area contributed by atoms with Gasteiger partial charge in [-0.2, -0.15) is 0 Å². The molecule has 0 unspecified atom stereocenters. The SMILES string of the molecule is CN=C(NCCCC(=O)Nc1ccc(Cl)cc1)NCc1ccc(F)cc1. The van der Waals surface area contributed by atoms with Crippen LogP contribution in [0.4, 0.5) is 10.1 Å². The fraction of sp³-hybridized carbons (Fsp3) is 0.263. The van der Waals surface area contributed by atoms with E-state index in [1.54, 1.807) is 43.4 Å². The fourth-order valence-electron chi connectivity index (χ4n) is 2.22. The van der Waals surface area contributed by atoms with Crippen LogP contribution in [0, 0.1) is 5.82 Å². The Labute approximate surface area is 157 Å². The van der Waals surface area contributed by atoms with Gasteiger partial charge in [0.15, 0.2) is 5.96 Å². The maximum Gasteiger partial charge on any atom is 0.224 e. The molecule has 0 atom stereocenters. The Hall–Kier alpha value is -2.60. The number of amides is 1. The van der Waals surface area contributed by atoms with Gasteiger partial charge in [-0.3, -0.25) is 9.79 Å². The predicted molar refractivity (Wildman–Crippen MR) is 104 cm³/mol. The molecule has 0 aliphatic carbocycles. The second-order valence-corrected chi connectivity index (χ2v) is 6.07. The summed E-state index contributed by atoms with van der Waals surface area (Å²) in [6.07, 6.45) is 1.06. The van der Waals surface area contributed by atoms with Crippen molar-refractivity contribution in [1.82, 2.24) is 10.6 Å². The monoisotopic (exact) mass is 376 g/mol. The first-order valence-electron chi connectivity index (χ1n) is 8.31. The summed E-state index contributed by atoms with van der Waals surface area (Å²) in [7, 11) is 1.67. The van der Waals surface area contributed by atoms with Crippen LogP contribution in [0.15, 0.2) is 53.5 Å². The summed E-state index contributed by atoms with van der Waals surface area (Å²) >= 11 is 5.81. The molecule has 2 aromatic rings. The summed E-state index contributed by atoms with van der Waals surface area (Å²) in [5, 5.41) is 9.74.